The maximum absolute atomic E-state index is 17.3. The molecule has 10 heteroatoms. The highest BCUT2D eigenvalue weighted by atomic mass is 32.1. The van der Waals surface area contributed by atoms with Crippen molar-refractivity contribution >= 4 is 39.5 Å². The lowest BCUT2D eigenvalue weighted by molar-refractivity contribution is -0.223. The second-order valence-corrected chi connectivity index (χ2v) is 13.3. The average molecular weight is 544 g/mol. The minimum Gasteiger partial charge on any atom is -0.390 e. The van der Waals surface area contributed by atoms with Crippen LogP contribution in [0.25, 0.3) is 0 Å². The van der Waals surface area contributed by atoms with Crippen LogP contribution < -0.4 is 5.32 Å². The predicted octanol–water partition coefficient (Wildman–Crippen LogP) is 4.66. The van der Waals surface area contributed by atoms with Gasteiger partial charge in [0.1, 0.15) is 10.5 Å². The maximum Gasteiger partial charge on any atom is 0.269 e. The van der Waals surface area contributed by atoms with Crippen molar-refractivity contribution in [3.63, 3.8) is 0 Å². The van der Waals surface area contributed by atoms with Gasteiger partial charge in [-0.1, -0.05) is 25.5 Å². The van der Waals surface area contributed by atoms with Crippen LogP contribution in [-0.4, -0.2) is 43.6 Å². The Morgan fingerprint density at radius 3 is 2.78 bits per heavy atom. The number of anilines is 1. The number of hydrogen-bond donors (Lipinski definition) is 3. The fourth-order valence-corrected chi connectivity index (χ4v) is 9.36. The second-order valence-electron chi connectivity index (χ2n) is 11.5. The number of alkyl halides is 1. The van der Waals surface area contributed by atoms with E-state index in [1.165, 1.54) is 41.0 Å². The molecular formula is C27H30FN3O4S2. The predicted molar refractivity (Wildman–Crippen MR) is 139 cm³/mol. The quantitative estimate of drug-likeness (QED) is 0.519. The highest BCUT2D eigenvalue weighted by Gasteiger charge is 2.74. The zero-order valence-electron chi connectivity index (χ0n) is 20.9. The van der Waals surface area contributed by atoms with E-state index in [0.717, 1.165) is 5.57 Å². The molecular weight excluding hydrogens is 513 g/mol. The van der Waals surface area contributed by atoms with E-state index in [2.05, 4.69) is 15.3 Å². The van der Waals surface area contributed by atoms with Crippen LogP contribution >= 0.6 is 22.7 Å². The molecule has 0 radical (unpaired) electrons. The van der Waals surface area contributed by atoms with Crippen LogP contribution in [0.15, 0.2) is 40.9 Å². The van der Waals surface area contributed by atoms with Gasteiger partial charge in [-0.3, -0.25) is 19.9 Å². The third-order valence-corrected chi connectivity index (χ3v) is 11.5. The topological polar surface area (TPSA) is 112 Å². The Morgan fingerprint density at radius 1 is 1.27 bits per heavy atom. The molecule has 37 heavy (non-hydrogen) atoms. The van der Waals surface area contributed by atoms with E-state index in [4.69, 9.17) is 0 Å². The molecule has 2 aromatic rings. The summed E-state index contributed by atoms with van der Waals surface area (Å²) in [5.41, 5.74) is -2.48. The number of halogens is 1. The number of ketones is 1. The number of nitrogens with one attached hydrogen (secondary N) is 1. The van der Waals surface area contributed by atoms with Crippen molar-refractivity contribution in [2.45, 2.75) is 63.8 Å². The molecule has 6 rings (SSSR count). The van der Waals surface area contributed by atoms with Gasteiger partial charge in [0, 0.05) is 22.1 Å². The monoisotopic (exact) mass is 543 g/mol. The van der Waals surface area contributed by atoms with Gasteiger partial charge in [0.2, 0.25) is 0 Å². The third kappa shape index (κ3) is 3.16. The van der Waals surface area contributed by atoms with Gasteiger partial charge in [-0.2, -0.15) is 0 Å². The van der Waals surface area contributed by atoms with Gasteiger partial charge in [-0.25, -0.2) is 9.37 Å². The molecule has 3 saturated carbocycles. The minimum absolute atomic E-state index is 0.0657. The summed E-state index contributed by atoms with van der Waals surface area (Å²) in [6.07, 6.45) is 6.50. The summed E-state index contributed by atoms with van der Waals surface area (Å²) in [4.78, 5) is 33.6. The smallest absolute Gasteiger partial charge is 0.269 e. The largest absolute Gasteiger partial charge is 0.390 e. The Morgan fingerprint density at radius 2 is 2.05 bits per heavy atom. The number of nitrogens with zero attached hydrogens (tertiary/aromatic N) is 2. The van der Waals surface area contributed by atoms with Crippen molar-refractivity contribution < 1.29 is 24.2 Å². The standard InChI is InChI=1S/C27H30FN3O4S2/c1-14-8-18-17-5-4-15-9-16(32)6-7-24(15,2)26(17,28)21(33)10-25(18,3)27(14,35)20-12-36-23(30-20)31-22(34)19-11-29-13-37-19/h6-7,9,11-14,17-18,21,33,35H,4-5,8,10H2,1-3H3,(H,30,31,34)/t14-,17+,18+,21+,24+,25+,26+,27+/m1/s1. The number of rotatable bonds is 3. The molecule has 196 valence electrons. The van der Waals surface area contributed by atoms with Crippen LogP contribution in [0.2, 0.25) is 0 Å². The molecule has 3 fully saturated rings. The summed E-state index contributed by atoms with van der Waals surface area (Å²) >= 11 is 2.46. The Hall–Kier alpha value is -2.27. The minimum atomic E-state index is -1.95. The van der Waals surface area contributed by atoms with Crippen molar-refractivity contribution in [1.29, 1.82) is 0 Å². The molecule has 4 aliphatic carbocycles. The SMILES string of the molecule is C[C@@H]1C[C@H]2[C@@H]3CCC4=CC(=O)C=C[C@]4(C)[C@@]3(F)[C@@H](O)C[C@]2(C)[C@@]1(O)c1csc(NC(=O)c2cncs2)n1. The molecule has 0 aromatic carbocycles. The Balaban J connectivity index is 1.35. The third-order valence-electron chi connectivity index (χ3n) is 9.99. The first-order chi connectivity index (χ1) is 17.4. The summed E-state index contributed by atoms with van der Waals surface area (Å²) in [7, 11) is 0. The molecule has 0 unspecified atom stereocenters. The molecule has 7 nitrogen and oxygen atoms in total. The van der Waals surface area contributed by atoms with Crippen LogP contribution in [0, 0.1) is 28.6 Å². The van der Waals surface area contributed by atoms with Crippen molar-refractivity contribution in [1.82, 2.24) is 9.97 Å². The number of allylic oxidation sites excluding steroid dienone is 4. The number of aliphatic hydroxyl groups is 2. The average Bonchev–Trinajstić information content (AvgIpc) is 3.58. The van der Waals surface area contributed by atoms with Gasteiger partial charge < -0.3 is 10.2 Å². The molecule has 0 saturated heterocycles. The normalized spacial score (nSPS) is 42.5. The van der Waals surface area contributed by atoms with Crippen LogP contribution in [0.1, 0.15) is 61.8 Å². The molecule has 4 aliphatic rings. The van der Waals surface area contributed by atoms with E-state index in [0.29, 0.717) is 35.0 Å². The van der Waals surface area contributed by atoms with Crippen LogP contribution in [0.5, 0.6) is 0 Å². The summed E-state index contributed by atoms with van der Waals surface area (Å²) in [6.45, 7) is 5.70. The molecule has 0 aliphatic heterocycles. The molecule has 3 N–H and O–H groups in total. The molecule has 1 amide bonds. The summed E-state index contributed by atoms with van der Waals surface area (Å²) in [6, 6.07) is 0. The highest BCUT2D eigenvalue weighted by molar-refractivity contribution is 7.14. The number of fused-ring (bicyclic) bond motifs is 5. The van der Waals surface area contributed by atoms with Crippen molar-refractivity contribution in [2.24, 2.45) is 28.6 Å². The van der Waals surface area contributed by atoms with Crippen LogP contribution in [0.4, 0.5) is 9.52 Å². The first-order valence-corrected chi connectivity index (χ1v) is 14.4. The van der Waals surface area contributed by atoms with Crippen molar-refractivity contribution in [3.8, 4) is 0 Å². The van der Waals surface area contributed by atoms with E-state index in [1.54, 1.807) is 23.9 Å². The lowest BCUT2D eigenvalue weighted by Crippen LogP contribution is -2.68. The van der Waals surface area contributed by atoms with E-state index in [9.17, 15) is 19.8 Å². The van der Waals surface area contributed by atoms with Gasteiger partial charge in [0.05, 0.1) is 23.5 Å². The van der Waals surface area contributed by atoms with E-state index < -0.39 is 34.1 Å². The van der Waals surface area contributed by atoms with Crippen molar-refractivity contribution in [2.75, 3.05) is 5.32 Å². The number of amides is 1. The summed E-state index contributed by atoms with van der Waals surface area (Å²) in [5.74, 6) is -1.37. The van der Waals surface area contributed by atoms with Gasteiger partial charge in [-0.05, 0) is 56.6 Å². The lowest BCUT2D eigenvalue weighted by atomic mass is 9.44. The molecule has 8 atom stereocenters. The number of hydrogen-bond acceptors (Lipinski definition) is 8. The number of thiazole rings is 2. The Bertz CT molecular complexity index is 1340. The molecule has 0 bridgehead atoms. The number of carbonyl (C=O) groups is 2. The molecule has 2 heterocycles. The maximum atomic E-state index is 17.3. The fraction of sp³-hybridized carbons (Fsp3) is 0.556. The molecule has 0 spiro atoms. The highest BCUT2D eigenvalue weighted by Crippen LogP contribution is 2.72. The summed E-state index contributed by atoms with van der Waals surface area (Å²) < 4.78 is 17.3. The first-order valence-electron chi connectivity index (χ1n) is 12.6. The van der Waals surface area contributed by atoms with Gasteiger partial charge in [-0.15, -0.1) is 22.7 Å². The Labute approximate surface area is 222 Å². The van der Waals surface area contributed by atoms with E-state index in [1.807, 2.05) is 13.8 Å². The fourth-order valence-electron chi connectivity index (χ4n) is 8.09. The van der Waals surface area contributed by atoms with Gasteiger partial charge in [0.25, 0.3) is 5.91 Å². The van der Waals surface area contributed by atoms with Crippen molar-refractivity contribution in [3.05, 3.63) is 51.5 Å². The Kier molecular flexibility index (Phi) is 5.49. The number of aromatic nitrogens is 2. The lowest BCUT2D eigenvalue weighted by Gasteiger charge is -2.62. The van der Waals surface area contributed by atoms with E-state index in [-0.39, 0.29) is 29.9 Å². The zero-order chi connectivity index (χ0) is 26.4. The second kappa shape index (κ2) is 8.11. The van der Waals surface area contributed by atoms with E-state index >= 15 is 4.39 Å². The zero-order valence-corrected chi connectivity index (χ0v) is 22.5. The number of carbonyl (C=O) groups excluding carboxylic acids is 2. The first kappa shape index (κ1) is 25.0. The van der Waals surface area contributed by atoms with Crippen LogP contribution in [0.3, 0.4) is 0 Å². The van der Waals surface area contributed by atoms with Gasteiger partial charge in [0.15, 0.2) is 16.6 Å². The number of aliphatic hydroxyl groups excluding tert-OH is 1. The summed E-state index contributed by atoms with van der Waals surface area (Å²) in [5, 5.41) is 28.8. The molecule has 2 aromatic heterocycles. The van der Waals surface area contributed by atoms with Crippen LogP contribution in [-0.2, 0) is 10.4 Å². The van der Waals surface area contributed by atoms with Gasteiger partial charge >= 0.3 is 0 Å².